The van der Waals surface area contributed by atoms with Crippen LogP contribution in [0, 0.1) is 0 Å². The average Bonchev–Trinajstić information content (AvgIpc) is 2.92. The molecule has 1 atom stereocenters. The molecule has 0 aliphatic heterocycles. The Morgan fingerprint density at radius 2 is 1.86 bits per heavy atom. The van der Waals surface area contributed by atoms with E-state index >= 15 is 0 Å². The normalized spacial score (nSPS) is 12.3. The quantitative estimate of drug-likeness (QED) is 0.726. The third kappa shape index (κ3) is 2.85. The van der Waals surface area contributed by atoms with Gasteiger partial charge in [-0.25, -0.2) is 0 Å². The molecule has 0 spiro atoms. The summed E-state index contributed by atoms with van der Waals surface area (Å²) in [4.78, 5) is 15.6. The summed E-state index contributed by atoms with van der Waals surface area (Å²) >= 11 is 3.41. The number of fused-ring (bicyclic) bond motifs is 1. The minimum Gasteiger partial charge on any atom is -0.360 e. The van der Waals surface area contributed by atoms with Gasteiger partial charge in [0, 0.05) is 21.6 Å². The lowest BCUT2D eigenvalue weighted by Gasteiger charge is -2.14. The maximum atomic E-state index is 12.4. The maximum absolute atomic E-state index is 12.4. The number of carbonyl (C=O) groups excluding carboxylic acids is 1. The molecule has 3 aromatic rings. The number of benzene rings is 2. The van der Waals surface area contributed by atoms with Gasteiger partial charge in [0.25, 0.3) is 5.91 Å². The zero-order valence-corrected chi connectivity index (χ0v) is 13.1. The van der Waals surface area contributed by atoms with Gasteiger partial charge in [0.2, 0.25) is 0 Å². The molecular formula is C17H15BrN2O. The van der Waals surface area contributed by atoms with Gasteiger partial charge < -0.3 is 10.3 Å². The van der Waals surface area contributed by atoms with Crippen molar-refractivity contribution < 1.29 is 4.79 Å². The summed E-state index contributed by atoms with van der Waals surface area (Å²) in [5, 5.41) is 3.98. The fourth-order valence-electron chi connectivity index (χ4n) is 2.37. The van der Waals surface area contributed by atoms with Gasteiger partial charge in [0.1, 0.15) is 0 Å². The van der Waals surface area contributed by atoms with E-state index in [0.717, 1.165) is 20.9 Å². The van der Waals surface area contributed by atoms with Crippen molar-refractivity contribution in [1.29, 1.82) is 0 Å². The molecule has 1 heterocycles. The first kappa shape index (κ1) is 13.9. The van der Waals surface area contributed by atoms with Crippen molar-refractivity contribution in [3.05, 3.63) is 70.3 Å². The lowest BCUT2D eigenvalue weighted by atomic mass is 10.1. The van der Waals surface area contributed by atoms with E-state index in [1.165, 1.54) is 0 Å². The first-order valence-corrected chi connectivity index (χ1v) is 7.57. The molecule has 0 aliphatic carbocycles. The third-order valence-corrected chi connectivity index (χ3v) is 4.08. The number of hydrogen-bond acceptors (Lipinski definition) is 1. The molecule has 0 unspecified atom stereocenters. The van der Waals surface area contributed by atoms with Crippen LogP contribution < -0.4 is 5.32 Å². The Bertz CT molecular complexity index is 777. The smallest absolute Gasteiger partial charge is 0.253 e. The van der Waals surface area contributed by atoms with Crippen LogP contribution >= 0.6 is 15.9 Å². The topological polar surface area (TPSA) is 44.9 Å². The predicted molar refractivity (Wildman–Crippen MR) is 88.3 cm³/mol. The monoisotopic (exact) mass is 342 g/mol. The molecule has 106 valence electrons. The lowest BCUT2D eigenvalue weighted by Crippen LogP contribution is -2.26. The van der Waals surface area contributed by atoms with E-state index in [4.69, 9.17) is 0 Å². The van der Waals surface area contributed by atoms with Crippen LogP contribution in [-0.4, -0.2) is 10.9 Å². The summed E-state index contributed by atoms with van der Waals surface area (Å²) in [6.45, 7) is 1.98. The minimum atomic E-state index is -0.0668. The van der Waals surface area contributed by atoms with Crippen LogP contribution in [0.2, 0.25) is 0 Å². The predicted octanol–water partition coefficient (Wildman–Crippen LogP) is 4.42. The Labute approximate surface area is 131 Å². The van der Waals surface area contributed by atoms with E-state index in [-0.39, 0.29) is 11.9 Å². The van der Waals surface area contributed by atoms with E-state index < -0.39 is 0 Å². The highest BCUT2D eigenvalue weighted by Gasteiger charge is 2.14. The second-order valence-electron chi connectivity index (χ2n) is 4.99. The highest BCUT2D eigenvalue weighted by molar-refractivity contribution is 9.10. The van der Waals surface area contributed by atoms with E-state index in [0.29, 0.717) is 5.56 Å². The number of carbonyl (C=O) groups is 1. The van der Waals surface area contributed by atoms with Crippen molar-refractivity contribution in [2.24, 2.45) is 0 Å². The van der Waals surface area contributed by atoms with Gasteiger partial charge >= 0.3 is 0 Å². The van der Waals surface area contributed by atoms with Gasteiger partial charge in [-0.2, -0.15) is 0 Å². The van der Waals surface area contributed by atoms with E-state index in [1.807, 2.05) is 55.5 Å². The summed E-state index contributed by atoms with van der Waals surface area (Å²) < 4.78 is 1.03. The van der Waals surface area contributed by atoms with Gasteiger partial charge in [-0.15, -0.1) is 0 Å². The van der Waals surface area contributed by atoms with Crippen molar-refractivity contribution in [1.82, 2.24) is 10.3 Å². The molecule has 21 heavy (non-hydrogen) atoms. The van der Waals surface area contributed by atoms with Crippen molar-refractivity contribution in [3.63, 3.8) is 0 Å². The first-order valence-electron chi connectivity index (χ1n) is 6.77. The van der Waals surface area contributed by atoms with E-state index in [2.05, 4.69) is 26.2 Å². The molecular weight excluding hydrogens is 328 g/mol. The zero-order valence-electron chi connectivity index (χ0n) is 11.6. The molecule has 0 radical (unpaired) electrons. The molecule has 0 saturated carbocycles. The Kier molecular flexibility index (Phi) is 3.80. The number of halogens is 1. The number of aromatic nitrogens is 1. The summed E-state index contributed by atoms with van der Waals surface area (Å²) in [5.41, 5.74) is 2.72. The molecule has 3 nitrogen and oxygen atoms in total. The Morgan fingerprint density at radius 3 is 2.62 bits per heavy atom. The summed E-state index contributed by atoms with van der Waals surface area (Å²) in [7, 11) is 0. The van der Waals surface area contributed by atoms with Crippen LogP contribution in [0.15, 0.2) is 59.2 Å². The molecule has 0 saturated heterocycles. The van der Waals surface area contributed by atoms with E-state index in [1.54, 1.807) is 6.20 Å². The summed E-state index contributed by atoms with van der Waals surface area (Å²) in [6, 6.07) is 15.7. The average molecular weight is 343 g/mol. The molecule has 3 rings (SSSR count). The second kappa shape index (κ2) is 5.74. The molecule has 0 aliphatic rings. The van der Waals surface area contributed by atoms with Crippen LogP contribution in [-0.2, 0) is 0 Å². The van der Waals surface area contributed by atoms with Gasteiger partial charge in [-0.05, 0) is 30.7 Å². The Morgan fingerprint density at radius 1 is 1.14 bits per heavy atom. The highest BCUT2D eigenvalue weighted by Crippen LogP contribution is 2.20. The molecule has 0 bridgehead atoms. The number of rotatable bonds is 3. The zero-order chi connectivity index (χ0) is 14.8. The molecule has 1 amide bonds. The molecule has 4 heteroatoms. The fraction of sp³-hybridized carbons (Fsp3) is 0.118. The van der Waals surface area contributed by atoms with Crippen LogP contribution in [0.5, 0.6) is 0 Å². The van der Waals surface area contributed by atoms with Crippen molar-refractivity contribution in [2.45, 2.75) is 13.0 Å². The number of hydrogen-bond donors (Lipinski definition) is 2. The number of aromatic amines is 1. The number of nitrogens with one attached hydrogen (secondary N) is 2. The minimum absolute atomic E-state index is 0.0423. The molecule has 2 N–H and O–H groups in total. The summed E-state index contributed by atoms with van der Waals surface area (Å²) in [6.07, 6.45) is 1.76. The van der Waals surface area contributed by atoms with Crippen LogP contribution in [0.3, 0.4) is 0 Å². The number of para-hydroxylation sites is 1. The van der Waals surface area contributed by atoms with Crippen LogP contribution in [0.25, 0.3) is 10.9 Å². The van der Waals surface area contributed by atoms with Gasteiger partial charge in [-0.3, -0.25) is 4.79 Å². The summed E-state index contributed by atoms with van der Waals surface area (Å²) in [5.74, 6) is -0.0668. The molecule has 1 aromatic heterocycles. The van der Waals surface area contributed by atoms with Gasteiger partial charge in [-0.1, -0.05) is 46.3 Å². The lowest BCUT2D eigenvalue weighted by molar-refractivity contribution is 0.0941. The fourth-order valence-corrected chi connectivity index (χ4v) is 2.63. The molecule has 0 fully saturated rings. The SMILES string of the molecule is C[C@@H](NC(=O)c1c[nH]c2ccccc12)c1ccc(Br)cc1. The van der Waals surface area contributed by atoms with Crippen molar-refractivity contribution >= 4 is 32.7 Å². The first-order chi connectivity index (χ1) is 10.1. The Hall–Kier alpha value is -2.07. The number of H-pyrrole nitrogens is 1. The standard InChI is InChI=1S/C17H15BrN2O/c1-11(12-6-8-13(18)9-7-12)20-17(21)15-10-19-16-5-3-2-4-14(15)16/h2-11,19H,1H3,(H,20,21)/t11-/m1/s1. The third-order valence-electron chi connectivity index (χ3n) is 3.55. The van der Waals surface area contributed by atoms with Gasteiger partial charge in [0.05, 0.1) is 11.6 Å². The largest absolute Gasteiger partial charge is 0.360 e. The number of amides is 1. The second-order valence-corrected chi connectivity index (χ2v) is 5.91. The Balaban J connectivity index is 1.81. The van der Waals surface area contributed by atoms with Crippen molar-refractivity contribution in [2.75, 3.05) is 0 Å². The maximum Gasteiger partial charge on any atom is 0.253 e. The van der Waals surface area contributed by atoms with Crippen LogP contribution in [0.4, 0.5) is 0 Å². The van der Waals surface area contributed by atoms with Gasteiger partial charge in [0.15, 0.2) is 0 Å². The van der Waals surface area contributed by atoms with E-state index in [9.17, 15) is 4.79 Å². The van der Waals surface area contributed by atoms with Crippen molar-refractivity contribution in [3.8, 4) is 0 Å². The molecule has 2 aromatic carbocycles. The van der Waals surface area contributed by atoms with Crippen LogP contribution in [0.1, 0.15) is 28.9 Å². The highest BCUT2D eigenvalue weighted by atomic mass is 79.9.